The number of hydrogen-bond donors (Lipinski definition) is 1. The summed E-state index contributed by atoms with van der Waals surface area (Å²) in [7, 11) is 0. The van der Waals surface area contributed by atoms with Crippen molar-refractivity contribution in [2.24, 2.45) is 0 Å². The summed E-state index contributed by atoms with van der Waals surface area (Å²) in [6, 6.07) is 15.6. The SMILES string of the molecule is CCN1CCc2c(sc3nc(SCC(=O)Nc4cc(C)ccc4C)n(-c4ccccc4)c(=O)c23)C1. The first-order chi connectivity index (χ1) is 16.9. The van der Waals surface area contributed by atoms with Gasteiger partial charge in [-0.3, -0.25) is 19.1 Å². The van der Waals surface area contributed by atoms with Gasteiger partial charge in [0.25, 0.3) is 5.56 Å². The van der Waals surface area contributed by atoms with Gasteiger partial charge in [-0.2, -0.15) is 0 Å². The topological polar surface area (TPSA) is 67.2 Å². The first-order valence-electron chi connectivity index (χ1n) is 11.8. The van der Waals surface area contributed by atoms with Crippen molar-refractivity contribution >= 4 is 44.9 Å². The molecule has 4 aromatic rings. The van der Waals surface area contributed by atoms with Gasteiger partial charge in [-0.05, 0) is 61.7 Å². The van der Waals surface area contributed by atoms with E-state index in [2.05, 4.69) is 17.1 Å². The van der Waals surface area contributed by atoms with Crippen LogP contribution in [-0.2, 0) is 17.8 Å². The van der Waals surface area contributed by atoms with Crippen LogP contribution in [0.15, 0.2) is 58.5 Å². The summed E-state index contributed by atoms with van der Waals surface area (Å²) in [5.74, 6) is 0.0362. The number of benzene rings is 2. The van der Waals surface area contributed by atoms with E-state index in [-0.39, 0.29) is 17.2 Å². The van der Waals surface area contributed by atoms with E-state index in [1.54, 1.807) is 15.9 Å². The summed E-state index contributed by atoms with van der Waals surface area (Å²) in [6.45, 7) is 8.95. The molecule has 8 heteroatoms. The van der Waals surface area contributed by atoms with Crippen LogP contribution in [0.4, 0.5) is 5.69 Å². The summed E-state index contributed by atoms with van der Waals surface area (Å²) in [5.41, 5.74) is 4.76. The monoisotopic (exact) mass is 504 g/mol. The Balaban J connectivity index is 1.51. The van der Waals surface area contributed by atoms with Crippen LogP contribution < -0.4 is 10.9 Å². The lowest BCUT2D eigenvalue weighted by molar-refractivity contribution is -0.113. The Morgan fingerprint density at radius 2 is 1.97 bits per heavy atom. The first kappa shape index (κ1) is 23.8. The molecule has 5 rings (SSSR count). The number of aryl methyl sites for hydroxylation is 2. The molecule has 1 aliphatic heterocycles. The van der Waals surface area contributed by atoms with E-state index >= 15 is 0 Å². The van der Waals surface area contributed by atoms with Gasteiger partial charge in [-0.25, -0.2) is 4.98 Å². The number of likely N-dealkylation sites (N-methyl/N-ethyl adjacent to an activating group) is 1. The maximum Gasteiger partial charge on any atom is 0.267 e. The van der Waals surface area contributed by atoms with E-state index in [9.17, 15) is 9.59 Å². The molecule has 1 N–H and O–H groups in total. The van der Waals surface area contributed by atoms with Crippen molar-refractivity contribution < 1.29 is 4.79 Å². The number of anilines is 1. The van der Waals surface area contributed by atoms with Crippen LogP contribution >= 0.6 is 23.1 Å². The number of nitrogens with one attached hydrogen (secondary N) is 1. The normalized spacial score (nSPS) is 13.7. The Hall–Kier alpha value is -2.94. The fourth-order valence-electron chi connectivity index (χ4n) is 4.44. The Morgan fingerprint density at radius 1 is 1.17 bits per heavy atom. The molecular weight excluding hydrogens is 476 g/mol. The van der Waals surface area contributed by atoms with Gasteiger partial charge in [0.2, 0.25) is 5.91 Å². The predicted molar refractivity (Wildman–Crippen MR) is 145 cm³/mol. The van der Waals surface area contributed by atoms with Crippen molar-refractivity contribution in [1.82, 2.24) is 14.5 Å². The molecule has 180 valence electrons. The molecule has 0 fully saturated rings. The average molecular weight is 505 g/mol. The number of nitrogens with zero attached hydrogens (tertiary/aromatic N) is 3. The molecule has 0 bridgehead atoms. The lowest BCUT2D eigenvalue weighted by Crippen LogP contribution is -2.30. The molecule has 0 unspecified atom stereocenters. The Kier molecular flexibility index (Phi) is 6.77. The summed E-state index contributed by atoms with van der Waals surface area (Å²) in [5, 5.41) is 4.27. The number of carbonyl (C=O) groups excluding carboxylic acids is 1. The van der Waals surface area contributed by atoms with Gasteiger partial charge in [0, 0.05) is 23.7 Å². The lowest BCUT2D eigenvalue weighted by Gasteiger charge is -2.25. The van der Waals surface area contributed by atoms with Gasteiger partial charge in [0.05, 0.1) is 16.8 Å². The van der Waals surface area contributed by atoms with E-state index in [0.717, 1.165) is 64.3 Å². The molecule has 0 saturated carbocycles. The minimum atomic E-state index is -0.123. The average Bonchev–Trinajstić information content (AvgIpc) is 3.23. The second-order valence-electron chi connectivity index (χ2n) is 8.83. The molecule has 2 aromatic carbocycles. The number of thiophene rings is 1. The number of hydrogen-bond acceptors (Lipinski definition) is 6. The summed E-state index contributed by atoms with van der Waals surface area (Å²) in [6.07, 6.45) is 0.861. The molecule has 0 atom stereocenters. The minimum absolute atomic E-state index is 0.0546. The second-order valence-corrected chi connectivity index (χ2v) is 10.9. The molecule has 35 heavy (non-hydrogen) atoms. The summed E-state index contributed by atoms with van der Waals surface area (Å²) in [4.78, 5) is 36.0. The highest BCUT2D eigenvalue weighted by Gasteiger charge is 2.25. The fourth-order valence-corrected chi connectivity index (χ4v) is 6.55. The van der Waals surface area contributed by atoms with E-state index in [1.165, 1.54) is 16.6 Å². The summed E-state index contributed by atoms with van der Waals surface area (Å²) >= 11 is 2.91. The van der Waals surface area contributed by atoms with Crippen LogP contribution in [0, 0.1) is 13.8 Å². The standard InChI is InChI=1S/C27H28N4O2S2/c1-4-30-13-12-20-22(15-30)35-25-24(20)26(33)31(19-8-6-5-7-9-19)27(29-25)34-16-23(32)28-21-14-17(2)10-11-18(21)3/h5-11,14H,4,12-13,15-16H2,1-3H3,(H,28,32). The summed E-state index contributed by atoms with van der Waals surface area (Å²) < 4.78 is 1.66. The molecule has 2 aromatic heterocycles. The minimum Gasteiger partial charge on any atom is -0.325 e. The highest BCUT2D eigenvalue weighted by atomic mass is 32.2. The van der Waals surface area contributed by atoms with Gasteiger partial charge in [0.15, 0.2) is 5.16 Å². The maximum atomic E-state index is 13.9. The molecule has 1 amide bonds. The Morgan fingerprint density at radius 3 is 2.74 bits per heavy atom. The van der Waals surface area contributed by atoms with Crippen molar-refractivity contribution in [3.63, 3.8) is 0 Å². The number of para-hydroxylation sites is 1. The molecule has 3 heterocycles. The molecule has 0 aliphatic carbocycles. The number of carbonyl (C=O) groups is 1. The third-order valence-electron chi connectivity index (χ3n) is 6.38. The van der Waals surface area contributed by atoms with E-state index in [1.807, 2.05) is 62.4 Å². The van der Waals surface area contributed by atoms with Gasteiger partial charge >= 0.3 is 0 Å². The molecule has 1 aliphatic rings. The van der Waals surface area contributed by atoms with Crippen LogP contribution in [0.25, 0.3) is 15.9 Å². The number of rotatable bonds is 6. The van der Waals surface area contributed by atoms with Gasteiger partial charge in [0.1, 0.15) is 4.83 Å². The zero-order chi connectivity index (χ0) is 24.5. The van der Waals surface area contributed by atoms with Crippen LogP contribution in [0.5, 0.6) is 0 Å². The number of fused-ring (bicyclic) bond motifs is 3. The molecule has 0 spiro atoms. The van der Waals surface area contributed by atoms with Crippen molar-refractivity contribution in [1.29, 1.82) is 0 Å². The highest BCUT2D eigenvalue weighted by molar-refractivity contribution is 7.99. The molecule has 6 nitrogen and oxygen atoms in total. The van der Waals surface area contributed by atoms with Crippen LogP contribution in [0.3, 0.4) is 0 Å². The largest absolute Gasteiger partial charge is 0.325 e. The van der Waals surface area contributed by atoms with E-state index < -0.39 is 0 Å². The van der Waals surface area contributed by atoms with Crippen LogP contribution in [0.2, 0.25) is 0 Å². The predicted octanol–water partition coefficient (Wildman–Crippen LogP) is 5.17. The molecule has 0 saturated heterocycles. The van der Waals surface area contributed by atoms with Crippen molar-refractivity contribution in [2.75, 3.05) is 24.2 Å². The maximum absolute atomic E-state index is 13.9. The highest BCUT2D eigenvalue weighted by Crippen LogP contribution is 2.34. The van der Waals surface area contributed by atoms with Gasteiger partial charge in [-0.1, -0.05) is 49.0 Å². The van der Waals surface area contributed by atoms with Crippen molar-refractivity contribution in [3.05, 3.63) is 80.5 Å². The second kappa shape index (κ2) is 9.97. The zero-order valence-corrected chi connectivity index (χ0v) is 21.8. The third kappa shape index (κ3) is 4.78. The Labute approximate surface area is 213 Å². The third-order valence-corrected chi connectivity index (χ3v) is 8.43. The fraction of sp³-hybridized carbons (Fsp3) is 0.296. The van der Waals surface area contributed by atoms with Crippen molar-refractivity contribution in [2.45, 2.75) is 38.9 Å². The Bertz CT molecular complexity index is 1460. The van der Waals surface area contributed by atoms with Gasteiger partial charge in [-0.15, -0.1) is 11.3 Å². The quantitative estimate of drug-likeness (QED) is 0.290. The van der Waals surface area contributed by atoms with Crippen LogP contribution in [-0.4, -0.2) is 39.2 Å². The van der Waals surface area contributed by atoms with Crippen LogP contribution in [0.1, 0.15) is 28.5 Å². The lowest BCUT2D eigenvalue weighted by atomic mass is 10.1. The first-order valence-corrected chi connectivity index (χ1v) is 13.6. The smallest absolute Gasteiger partial charge is 0.267 e. The molecule has 0 radical (unpaired) electrons. The number of amides is 1. The van der Waals surface area contributed by atoms with E-state index in [0.29, 0.717) is 5.16 Å². The zero-order valence-electron chi connectivity index (χ0n) is 20.1. The molecular formula is C27H28N4O2S2. The number of aromatic nitrogens is 2. The number of thioether (sulfide) groups is 1. The van der Waals surface area contributed by atoms with Crippen molar-refractivity contribution in [3.8, 4) is 5.69 Å². The van der Waals surface area contributed by atoms with E-state index in [4.69, 9.17) is 4.98 Å². The van der Waals surface area contributed by atoms with Gasteiger partial charge < -0.3 is 5.32 Å².